The third kappa shape index (κ3) is 3.62. The molecule has 4 aliphatic rings. The maximum atomic E-state index is 13.7. The molecular weight excluding hydrogens is 446 g/mol. The van der Waals surface area contributed by atoms with E-state index in [1.54, 1.807) is 0 Å². The van der Waals surface area contributed by atoms with Gasteiger partial charge in [0, 0.05) is 31.5 Å². The monoisotopic (exact) mass is 485 g/mol. The summed E-state index contributed by atoms with van der Waals surface area (Å²) in [7, 11) is 1.93. The van der Waals surface area contributed by atoms with E-state index in [1.807, 2.05) is 20.0 Å². The summed E-state index contributed by atoms with van der Waals surface area (Å²) in [5, 5.41) is 12.8. The number of hydrogen-bond acceptors (Lipinski definition) is 4. The molecule has 0 spiro atoms. The molecule has 0 radical (unpaired) electrons. The number of anilines is 1. The van der Waals surface area contributed by atoms with Crippen molar-refractivity contribution < 1.29 is 14.7 Å². The largest absolute Gasteiger partial charge is 0.388 e. The Kier molecular flexibility index (Phi) is 6.50. The predicted molar refractivity (Wildman–Crippen MR) is 143 cm³/mol. The van der Waals surface area contributed by atoms with Crippen LogP contribution in [0.15, 0.2) is 47.1 Å². The highest BCUT2D eigenvalue weighted by atomic mass is 16.2. The van der Waals surface area contributed by atoms with Gasteiger partial charge in [-0.2, -0.15) is 0 Å². The van der Waals surface area contributed by atoms with Gasteiger partial charge in [-0.05, 0) is 90.2 Å². The zero-order chi connectivity index (χ0) is 25.7. The van der Waals surface area contributed by atoms with Crippen LogP contribution in [-0.2, 0) is 9.59 Å². The molecule has 36 heavy (non-hydrogen) atoms. The zero-order valence-electron chi connectivity index (χ0n) is 22.1. The second-order valence-corrected chi connectivity index (χ2v) is 11.6. The van der Waals surface area contributed by atoms with Gasteiger partial charge in [-0.3, -0.25) is 9.59 Å². The molecule has 0 bridgehead atoms. The van der Waals surface area contributed by atoms with Gasteiger partial charge in [-0.1, -0.05) is 50.3 Å². The lowest BCUT2D eigenvalue weighted by atomic mass is 9.47. The molecule has 0 saturated heterocycles. The van der Waals surface area contributed by atoms with E-state index in [2.05, 4.69) is 55.3 Å². The number of aliphatic hydroxyl groups is 1. The third-order valence-electron chi connectivity index (χ3n) is 10.1. The molecule has 0 aromatic heterocycles. The summed E-state index contributed by atoms with van der Waals surface area (Å²) in [4.78, 5) is 26.1. The second kappa shape index (κ2) is 9.34. The van der Waals surface area contributed by atoms with Gasteiger partial charge < -0.3 is 10.4 Å². The number of carbonyl (C=O) groups is 2. The number of carbonyl (C=O) groups excluding carboxylic acids is 2. The van der Waals surface area contributed by atoms with Gasteiger partial charge in [0.05, 0.1) is 5.41 Å². The number of hydrogen-bond donors (Lipinski definition) is 2. The smallest absolute Gasteiger partial charge is 0.156 e. The SMILES string of the molecule is CCC(=O)[C@@]1(C#CCO)CC[C@H]2[C@@H]3CC(C)C4=CC(=O)CCC4=C3[C@@H](c3ccc(NC)cc3)C[C@@]21C. The van der Waals surface area contributed by atoms with E-state index in [0.717, 1.165) is 37.8 Å². The highest BCUT2D eigenvalue weighted by molar-refractivity contribution is 5.93. The van der Waals surface area contributed by atoms with Gasteiger partial charge in [0.1, 0.15) is 6.61 Å². The summed E-state index contributed by atoms with van der Waals surface area (Å²) >= 11 is 0. The van der Waals surface area contributed by atoms with Gasteiger partial charge in [0.2, 0.25) is 0 Å². The van der Waals surface area contributed by atoms with E-state index in [1.165, 1.54) is 22.3 Å². The first kappa shape index (κ1) is 25.0. The van der Waals surface area contributed by atoms with Crippen LogP contribution in [0.2, 0.25) is 0 Å². The van der Waals surface area contributed by atoms with Crippen LogP contribution in [0.4, 0.5) is 5.69 Å². The van der Waals surface area contributed by atoms with Crippen LogP contribution in [0.5, 0.6) is 0 Å². The zero-order valence-corrected chi connectivity index (χ0v) is 22.1. The average Bonchev–Trinajstić information content (AvgIpc) is 3.19. The Hall–Kier alpha value is -2.64. The van der Waals surface area contributed by atoms with E-state index in [0.29, 0.717) is 30.6 Å². The number of rotatable bonds is 4. The normalized spacial score (nSPS) is 35.1. The molecule has 4 heteroatoms. The molecule has 0 amide bonds. The van der Waals surface area contributed by atoms with Crippen molar-refractivity contribution in [2.24, 2.45) is 28.6 Å². The van der Waals surface area contributed by atoms with Crippen molar-refractivity contribution in [3.05, 3.63) is 52.6 Å². The number of benzene rings is 1. The van der Waals surface area contributed by atoms with Gasteiger partial charge in [-0.25, -0.2) is 0 Å². The van der Waals surface area contributed by atoms with Crippen LogP contribution >= 0.6 is 0 Å². The minimum absolute atomic E-state index is 0.194. The Morgan fingerprint density at radius 1 is 1.22 bits per heavy atom. The van der Waals surface area contributed by atoms with Gasteiger partial charge in [0.15, 0.2) is 11.6 Å². The van der Waals surface area contributed by atoms with Crippen molar-refractivity contribution in [2.45, 2.75) is 71.6 Å². The van der Waals surface area contributed by atoms with Crippen molar-refractivity contribution in [1.82, 2.24) is 0 Å². The number of Topliss-reactive ketones (excluding diaryl/α,β-unsaturated/α-hetero) is 1. The highest BCUT2D eigenvalue weighted by Crippen LogP contribution is 2.70. The van der Waals surface area contributed by atoms with E-state index in [9.17, 15) is 14.7 Å². The Morgan fingerprint density at radius 3 is 2.64 bits per heavy atom. The van der Waals surface area contributed by atoms with E-state index >= 15 is 0 Å². The van der Waals surface area contributed by atoms with E-state index in [-0.39, 0.29) is 29.5 Å². The van der Waals surface area contributed by atoms with Crippen LogP contribution in [0.25, 0.3) is 0 Å². The summed E-state index contributed by atoms with van der Waals surface area (Å²) in [6.07, 6.45) is 7.46. The van der Waals surface area contributed by atoms with Crippen LogP contribution in [0, 0.1) is 40.4 Å². The van der Waals surface area contributed by atoms with Crippen LogP contribution < -0.4 is 5.32 Å². The number of aliphatic hydroxyl groups excluding tert-OH is 1. The molecule has 0 heterocycles. The molecule has 1 aromatic rings. The molecule has 2 fully saturated rings. The Morgan fingerprint density at radius 2 is 1.97 bits per heavy atom. The molecule has 2 N–H and O–H groups in total. The van der Waals surface area contributed by atoms with Gasteiger partial charge in [-0.15, -0.1) is 0 Å². The standard InChI is InChI=1S/C32H39NO3/c1-5-29(36)32(14-6-16-34)15-13-28-26-17-20(2)25-18-23(35)11-12-24(25)30(26)27(19-31(28,32)3)21-7-9-22(33-4)10-8-21/h7-10,18,20,26-28,33-34H,5,11-13,15-17,19H2,1-4H3/t20?,26-,27+,28-,31-,32+/m0/s1. The summed E-state index contributed by atoms with van der Waals surface area (Å²) < 4.78 is 0. The Bertz CT molecular complexity index is 1200. The lowest BCUT2D eigenvalue weighted by molar-refractivity contribution is -0.132. The summed E-state index contributed by atoms with van der Waals surface area (Å²) in [6, 6.07) is 8.75. The van der Waals surface area contributed by atoms with Crippen LogP contribution in [0.1, 0.15) is 77.2 Å². The first-order valence-corrected chi connectivity index (χ1v) is 13.7. The third-order valence-corrected chi connectivity index (χ3v) is 10.1. The molecule has 0 aliphatic heterocycles. The summed E-state index contributed by atoms with van der Waals surface area (Å²) in [6.45, 7) is 6.33. The average molecular weight is 486 g/mol. The number of ketones is 2. The predicted octanol–water partition coefficient (Wildman–Crippen LogP) is 5.84. The number of fused-ring (bicyclic) bond motifs is 4. The molecule has 1 unspecified atom stereocenters. The summed E-state index contributed by atoms with van der Waals surface area (Å²) in [5.74, 6) is 8.05. The van der Waals surface area contributed by atoms with Gasteiger partial charge >= 0.3 is 0 Å². The topological polar surface area (TPSA) is 66.4 Å². The molecule has 5 rings (SSSR count). The maximum absolute atomic E-state index is 13.7. The van der Waals surface area contributed by atoms with Crippen molar-refractivity contribution in [1.29, 1.82) is 0 Å². The Balaban J connectivity index is 1.72. The summed E-state index contributed by atoms with van der Waals surface area (Å²) in [5.41, 5.74) is 5.59. The molecule has 6 atom stereocenters. The number of nitrogens with one attached hydrogen (secondary N) is 1. The fraction of sp³-hybridized carbons (Fsp3) is 0.562. The van der Waals surface area contributed by atoms with Crippen molar-refractivity contribution >= 4 is 17.3 Å². The molecular formula is C32H39NO3. The second-order valence-electron chi connectivity index (χ2n) is 11.6. The quantitative estimate of drug-likeness (QED) is 0.526. The fourth-order valence-corrected chi connectivity index (χ4v) is 8.39. The first-order valence-electron chi connectivity index (χ1n) is 13.7. The van der Waals surface area contributed by atoms with E-state index in [4.69, 9.17) is 0 Å². The molecule has 4 nitrogen and oxygen atoms in total. The molecule has 4 aliphatic carbocycles. The van der Waals surface area contributed by atoms with E-state index < -0.39 is 5.41 Å². The van der Waals surface area contributed by atoms with Crippen molar-refractivity contribution in [3.63, 3.8) is 0 Å². The minimum Gasteiger partial charge on any atom is -0.388 e. The molecule has 2 saturated carbocycles. The van der Waals surface area contributed by atoms with Crippen LogP contribution in [-0.4, -0.2) is 30.3 Å². The minimum atomic E-state index is -0.712. The van der Waals surface area contributed by atoms with Crippen LogP contribution in [0.3, 0.4) is 0 Å². The maximum Gasteiger partial charge on any atom is 0.156 e. The van der Waals surface area contributed by atoms with Gasteiger partial charge in [0.25, 0.3) is 0 Å². The highest BCUT2D eigenvalue weighted by Gasteiger charge is 2.65. The first-order chi connectivity index (χ1) is 17.3. The molecule has 190 valence electrons. The lowest BCUT2D eigenvalue weighted by Crippen LogP contribution is -2.51. The van der Waals surface area contributed by atoms with Crippen molar-refractivity contribution in [3.8, 4) is 11.8 Å². The molecule has 1 aromatic carbocycles. The number of allylic oxidation sites excluding steroid dienone is 4. The van der Waals surface area contributed by atoms with Crippen molar-refractivity contribution in [2.75, 3.05) is 19.0 Å². The Labute approximate surface area is 215 Å². The fourth-order valence-electron chi connectivity index (χ4n) is 8.39. The lowest BCUT2D eigenvalue weighted by Gasteiger charge is -2.55.